The molecule has 1 aliphatic heterocycles. The molecule has 1 fully saturated rings. The molecule has 1 N–H and O–H groups in total. The van der Waals surface area contributed by atoms with Gasteiger partial charge in [-0.1, -0.05) is 40.0 Å². The number of carbonyl (C=O) groups is 2. The van der Waals surface area contributed by atoms with Crippen molar-refractivity contribution in [2.24, 2.45) is 11.8 Å². The van der Waals surface area contributed by atoms with E-state index >= 15 is 0 Å². The number of nitrogens with one attached hydrogen (secondary N) is 1. The molecule has 110 valence electrons. The summed E-state index contributed by atoms with van der Waals surface area (Å²) < 4.78 is 5.22. The first-order valence-electron chi connectivity index (χ1n) is 7.45. The third kappa shape index (κ3) is 6.60. The van der Waals surface area contributed by atoms with Crippen LogP contribution in [0.15, 0.2) is 0 Å². The summed E-state index contributed by atoms with van der Waals surface area (Å²) in [6, 6.07) is -0.413. The topological polar surface area (TPSA) is 55.4 Å². The molecule has 19 heavy (non-hydrogen) atoms. The summed E-state index contributed by atoms with van der Waals surface area (Å²) >= 11 is 0. The first-order chi connectivity index (χ1) is 8.99. The fourth-order valence-electron chi connectivity index (χ4n) is 2.27. The van der Waals surface area contributed by atoms with Crippen molar-refractivity contribution in [2.75, 3.05) is 6.61 Å². The molecule has 1 heterocycles. The van der Waals surface area contributed by atoms with Crippen molar-refractivity contribution in [3.8, 4) is 0 Å². The molecule has 1 aliphatic rings. The molecule has 0 aromatic heterocycles. The van der Waals surface area contributed by atoms with Gasteiger partial charge >= 0.3 is 5.97 Å². The average molecular weight is 269 g/mol. The minimum atomic E-state index is -0.413. The van der Waals surface area contributed by atoms with E-state index in [1.807, 2.05) is 0 Å². The lowest BCUT2D eigenvalue weighted by atomic mass is 9.98. The Morgan fingerprint density at radius 1 is 1.32 bits per heavy atom. The third-order valence-electron chi connectivity index (χ3n) is 3.61. The maximum Gasteiger partial charge on any atom is 0.328 e. The second kappa shape index (κ2) is 8.18. The van der Waals surface area contributed by atoms with Gasteiger partial charge in [0.25, 0.3) is 0 Å². The SMILES string of the molecule is CC(C)CCCC(C)CCOC(=O)C1CCC(=O)N1. The van der Waals surface area contributed by atoms with Gasteiger partial charge in [0.2, 0.25) is 5.91 Å². The highest BCUT2D eigenvalue weighted by atomic mass is 16.5. The number of esters is 1. The van der Waals surface area contributed by atoms with Gasteiger partial charge in [-0.15, -0.1) is 0 Å². The van der Waals surface area contributed by atoms with E-state index in [9.17, 15) is 9.59 Å². The van der Waals surface area contributed by atoms with Crippen molar-refractivity contribution < 1.29 is 14.3 Å². The minimum Gasteiger partial charge on any atom is -0.464 e. The highest BCUT2D eigenvalue weighted by Crippen LogP contribution is 2.15. The van der Waals surface area contributed by atoms with Crippen LogP contribution < -0.4 is 5.32 Å². The largest absolute Gasteiger partial charge is 0.464 e. The zero-order chi connectivity index (χ0) is 14.3. The summed E-state index contributed by atoms with van der Waals surface area (Å²) in [7, 11) is 0. The van der Waals surface area contributed by atoms with Crippen molar-refractivity contribution in [1.29, 1.82) is 0 Å². The van der Waals surface area contributed by atoms with Gasteiger partial charge < -0.3 is 10.1 Å². The van der Waals surface area contributed by atoms with E-state index < -0.39 is 6.04 Å². The molecule has 1 amide bonds. The Kier molecular flexibility index (Phi) is 6.89. The van der Waals surface area contributed by atoms with Gasteiger partial charge in [-0.05, 0) is 24.7 Å². The molecular weight excluding hydrogens is 242 g/mol. The van der Waals surface area contributed by atoms with Crippen LogP contribution in [-0.4, -0.2) is 24.5 Å². The van der Waals surface area contributed by atoms with Crippen molar-refractivity contribution in [3.05, 3.63) is 0 Å². The zero-order valence-electron chi connectivity index (χ0n) is 12.4. The van der Waals surface area contributed by atoms with Crippen molar-refractivity contribution >= 4 is 11.9 Å². The van der Waals surface area contributed by atoms with Crippen LogP contribution in [-0.2, 0) is 14.3 Å². The van der Waals surface area contributed by atoms with E-state index in [-0.39, 0.29) is 11.9 Å². The molecule has 0 saturated carbocycles. The first kappa shape index (κ1) is 16.0. The van der Waals surface area contributed by atoms with Gasteiger partial charge in [0.1, 0.15) is 6.04 Å². The smallest absolute Gasteiger partial charge is 0.328 e. The fourth-order valence-corrected chi connectivity index (χ4v) is 2.27. The molecule has 2 unspecified atom stereocenters. The Morgan fingerprint density at radius 3 is 2.63 bits per heavy atom. The molecular formula is C15H27NO3. The molecule has 4 nitrogen and oxygen atoms in total. The lowest BCUT2D eigenvalue weighted by Gasteiger charge is -2.14. The number of rotatable bonds is 8. The lowest BCUT2D eigenvalue weighted by Crippen LogP contribution is -2.34. The summed E-state index contributed by atoms with van der Waals surface area (Å²) in [4.78, 5) is 22.6. The summed E-state index contributed by atoms with van der Waals surface area (Å²) in [6.45, 7) is 7.14. The second-order valence-electron chi connectivity index (χ2n) is 6.04. The van der Waals surface area contributed by atoms with E-state index in [0.29, 0.717) is 25.4 Å². The van der Waals surface area contributed by atoms with E-state index in [4.69, 9.17) is 4.74 Å². The molecule has 0 radical (unpaired) electrons. The number of amides is 1. The van der Waals surface area contributed by atoms with Gasteiger partial charge in [0.15, 0.2) is 0 Å². The number of hydrogen-bond donors (Lipinski definition) is 1. The van der Waals surface area contributed by atoms with E-state index in [0.717, 1.165) is 12.3 Å². The lowest BCUT2D eigenvalue weighted by molar-refractivity contribution is -0.146. The molecule has 1 saturated heterocycles. The predicted molar refractivity (Wildman–Crippen MR) is 74.6 cm³/mol. The van der Waals surface area contributed by atoms with E-state index in [1.165, 1.54) is 19.3 Å². The second-order valence-corrected chi connectivity index (χ2v) is 6.04. The Morgan fingerprint density at radius 2 is 2.05 bits per heavy atom. The number of hydrogen-bond acceptors (Lipinski definition) is 3. The van der Waals surface area contributed by atoms with Crippen LogP contribution in [0.2, 0.25) is 0 Å². The quantitative estimate of drug-likeness (QED) is 0.689. The molecule has 0 bridgehead atoms. The van der Waals surface area contributed by atoms with Crippen LogP contribution in [0, 0.1) is 11.8 Å². The number of carbonyl (C=O) groups excluding carboxylic acids is 2. The van der Waals surface area contributed by atoms with Gasteiger partial charge in [-0.3, -0.25) is 4.79 Å². The molecule has 0 aliphatic carbocycles. The maximum atomic E-state index is 11.6. The fraction of sp³-hybridized carbons (Fsp3) is 0.867. The Bertz CT molecular complexity index is 302. The Balaban J connectivity index is 2.06. The Hall–Kier alpha value is -1.06. The van der Waals surface area contributed by atoms with Gasteiger partial charge in [-0.25, -0.2) is 4.79 Å². The molecule has 4 heteroatoms. The highest BCUT2D eigenvalue weighted by Gasteiger charge is 2.28. The zero-order valence-corrected chi connectivity index (χ0v) is 12.4. The Labute approximate surface area is 116 Å². The van der Waals surface area contributed by atoms with E-state index in [1.54, 1.807) is 0 Å². The standard InChI is InChI=1S/C15H27NO3/c1-11(2)5-4-6-12(3)9-10-19-15(18)13-7-8-14(17)16-13/h11-13H,4-10H2,1-3H3,(H,16,17). The first-order valence-corrected chi connectivity index (χ1v) is 7.45. The summed E-state index contributed by atoms with van der Waals surface area (Å²) in [5, 5.41) is 2.63. The van der Waals surface area contributed by atoms with Gasteiger partial charge in [0, 0.05) is 6.42 Å². The normalized spacial score (nSPS) is 20.4. The van der Waals surface area contributed by atoms with Crippen molar-refractivity contribution in [1.82, 2.24) is 5.32 Å². The molecule has 2 atom stereocenters. The number of ether oxygens (including phenoxy) is 1. The monoisotopic (exact) mass is 269 g/mol. The van der Waals surface area contributed by atoms with Crippen LogP contribution >= 0.6 is 0 Å². The minimum absolute atomic E-state index is 0.0518. The average Bonchev–Trinajstić information content (AvgIpc) is 2.75. The summed E-state index contributed by atoms with van der Waals surface area (Å²) in [5.74, 6) is 1.02. The van der Waals surface area contributed by atoms with Crippen LogP contribution in [0.3, 0.4) is 0 Å². The summed E-state index contributed by atoms with van der Waals surface area (Å²) in [5.41, 5.74) is 0. The molecule has 1 rings (SSSR count). The van der Waals surface area contributed by atoms with Gasteiger partial charge in [-0.2, -0.15) is 0 Å². The predicted octanol–water partition coefficient (Wildman–Crippen LogP) is 2.66. The van der Waals surface area contributed by atoms with Gasteiger partial charge in [0.05, 0.1) is 6.61 Å². The maximum absolute atomic E-state index is 11.6. The van der Waals surface area contributed by atoms with Crippen LogP contribution in [0.25, 0.3) is 0 Å². The van der Waals surface area contributed by atoms with E-state index in [2.05, 4.69) is 26.1 Å². The third-order valence-corrected chi connectivity index (χ3v) is 3.61. The molecule has 0 aromatic rings. The van der Waals surface area contributed by atoms with Crippen molar-refractivity contribution in [2.45, 2.75) is 65.3 Å². The molecule has 0 spiro atoms. The van der Waals surface area contributed by atoms with Crippen LogP contribution in [0.4, 0.5) is 0 Å². The summed E-state index contributed by atoms with van der Waals surface area (Å²) in [6.07, 6.45) is 5.61. The molecule has 0 aromatic carbocycles. The van der Waals surface area contributed by atoms with Crippen LogP contribution in [0.5, 0.6) is 0 Å². The van der Waals surface area contributed by atoms with Crippen molar-refractivity contribution in [3.63, 3.8) is 0 Å². The highest BCUT2D eigenvalue weighted by molar-refractivity contribution is 5.87. The van der Waals surface area contributed by atoms with Crippen LogP contribution in [0.1, 0.15) is 59.3 Å².